The first-order chi connectivity index (χ1) is 14.8. The van der Waals surface area contributed by atoms with Crippen LogP contribution in [0.3, 0.4) is 0 Å². The molecule has 0 spiro atoms. The molecule has 2 atom stereocenters. The minimum absolute atomic E-state index is 0.104. The summed E-state index contributed by atoms with van der Waals surface area (Å²) in [5.41, 5.74) is 6.34. The van der Waals surface area contributed by atoms with E-state index in [-0.39, 0.29) is 42.6 Å². The number of hydrogen-bond acceptors (Lipinski definition) is 8. The number of alkyl halides is 4. The fraction of sp³-hybridized carbons (Fsp3) is 0.526. The van der Waals surface area contributed by atoms with Crippen molar-refractivity contribution in [3.8, 4) is 17.0 Å². The standard InChI is InChI=1S/C19H20F4N6O2/c20-17(21)31-14-3-10(6-25-16(14)24)13-5-15(29-7-12-4-11(29)8-30-12)27-18(26-13)28-2-1-19(22,23)9-28/h3,5-6,11-12,17H,1-2,4,7-9H2,(H2,24,25)/t11-,12-/m1/s1. The highest BCUT2D eigenvalue weighted by Crippen LogP contribution is 2.36. The molecule has 3 fully saturated rings. The van der Waals surface area contributed by atoms with Crippen LogP contribution < -0.4 is 20.3 Å². The van der Waals surface area contributed by atoms with Crippen LogP contribution in [-0.4, -0.2) is 65.9 Å². The van der Waals surface area contributed by atoms with Crippen LogP contribution in [0.1, 0.15) is 12.8 Å². The summed E-state index contributed by atoms with van der Waals surface area (Å²) >= 11 is 0. The maximum atomic E-state index is 13.8. The number of morpholine rings is 1. The second kappa shape index (κ2) is 7.36. The Kier molecular flexibility index (Phi) is 4.76. The Hall–Kier alpha value is -2.89. The number of nitrogens with zero attached hydrogens (tertiary/aromatic N) is 5. The number of hydrogen-bond donors (Lipinski definition) is 1. The van der Waals surface area contributed by atoms with Gasteiger partial charge in [-0.25, -0.2) is 18.7 Å². The quantitative estimate of drug-likeness (QED) is 0.710. The lowest BCUT2D eigenvalue weighted by Gasteiger charge is -2.29. The third-order valence-corrected chi connectivity index (χ3v) is 5.74. The SMILES string of the molecule is Nc1ncc(-c2cc(N3C[C@H]4C[C@@H]3CO4)nc(N3CCC(F)(F)C3)n2)cc1OC(F)F. The first-order valence-corrected chi connectivity index (χ1v) is 9.88. The van der Waals surface area contributed by atoms with E-state index >= 15 is 0 Å². The van der Waals surface area contributed by atoms with Gasteiger partial charge in [0.1, 0.15) is 5.82 Å². The molecule has 31 heavy (non-hydrogen) atoms. The lowest BCUT2D eigenvalue weighted by molar-refractivity contribution is -0.0494. The molecule has 166 valence electrons. The summed E-state index contributed by atoms with van der Waals surface area (Å²) in [6.07, 6.45) is 2.06. The summed E-state index contributed by atoms with van der Waals surface area (Å²) in [4.78, 5) is 16.4. The normalized spacial score (nSPS) is 24.4. The molecule has 12 heteroatoms. The number of fused-ring (bicyclic) bond motifs is 2. The van der Waals surface area contributed by atoms with Crippen LogP contribution in [-0.2, 0) is 4.74 Å². The molecule has 3 aliphatic heterocycles. The van der Waals surface area contributed by atoms with E-state index in [1.807, 2.05) is 0 Å². The van der Waals surface area contributed by atoms with Crippen molar-refractivity contribution in [1.29, 1.82) is 0 Å². The Morgan fingerprint density at radius 1 is 1.26 bits per heavy atom. The number of halogens is 4. The Balaban J connectivity index is 1.55. The Labute approximate surface area is 175 Å². The molecule has 3 aliphatic rings. The van der Waals surface area contributed by atoms with Crippen LogP contribution in [0.2, 0.25) is 0 Å². The van der Waals surface area contributed by atoms with E-state index < -0.39 is 19.1 Å². The Morgan fingerprint density at radius 3 is 2.74 bits per heavy atom. The third-order valence-electron chi connectivity index (χ3n) is 5.74. The summed E-state index contributed by atoms with van der Waals surface area (Å²) < 4.78 is 63.1. The third kappa shape index (κ3) is 3.91. The van der Waals surface area contributed by atoms with Gasteiger partial charge in [-0.1, -0.05) is 0 Å². The summed E-state index contributed by atoms with van der Waals surface area (Å²) in [5.74, 6) is -2.57. The zero-order chi connectivity index (χ0) is 21.8. The Morgan fingerprint density at radius 2 is 2.10 bits per heavy atom. The average molecular weight is 440 g/mol. The first kappa shape index (κ1) is 20.0. The van der Waals surface area contributed by atoms with Crippen molar-refractivity contribution in [2.45, 2.75) is 37.5 Å². The van der Waals surface area contributed by atoms with Crippen molar-refractivity contribution in [2.75, 3.05) is 41.8 Å². The topological polar surface area (TPSA) is 89.6 Å². The van der Waals surface area contributed by atoms with E-state index in [4.69, 9.17) is 10.5 Å². The van der Waals surface area contributed by atoms with Gasteiger partial charge in [-0.05, 0) is 12.5 Å². The van der Waals surface area contributed by atoms with Crippen molar-refractivity contribution >= 4 is 17.6 Å². The predicted molar refractivity (Wildman–Crippen MR) is 104 cm³/mol. The number of anilines is 3. The van der Waals surface area contributed by atoms with Gasteiger partial charge in [0.25, 0.3) is 5.92 Å². The smallest absolute Gasteiger partial charge is 0.387 e. The molecule has 0 aliphatic carbocycles. The maximum Gasteiger partial charge on any atom is 0.387 e. The highest BCUT2D eigenvalue weighted by Gasteiger charge is 2.42. The lowest BCUT2D eigenvalue weighted by atomic mass is 10.2. The number of rotatable bonds is 5. The van der Waals surface area contributed by atoms with E-state index in [1.165, 1.54) is 17.2 Å². The highest BCUT2D eigenvalue weighted by atomic mass is 19.3. The van der Waals surface area contributed by atoms with Gasteiger partial charge in [-0.15, -0.1) is 0 Å². The van der Waals surface area contributed by atoms with Gasteiger partial charge < -0.3 is 25.0 Å². The van der Waals surface area contributed by atoms with Crippen LogP contribution in [0.15, 0.2) is 18.3 Å². The first-order valence-electron chi connectivity index (χ1n) is 9.88. The van der Waals surface area contributed by atoms with Gasteiger partial charge >= 0.3 is 6.61 Å². The molecule has 8 nitrogen and oxygen atoms in total. The van der Waals surface area contributed by atoms with Crippen LogP contribution in [0.5, 0.6) is 5.75 Å². The summed E-state index contributed by atoms with van der Waals surface area (Å²) in [6, 6.07) is 3.14. The maximum absolute atomic E-state index is 13.8. The highest BCUT2D eigenvalue weighted by molar-refractivity contribution is 5.68. The van der Waals surface area contributed by atoms with Crippen LogP contribution in [0, 0.1) is 0 Å². The number of nitrogen functional groups attached to an aromatic ring is 1. The van der Waals surface area contributed by atoms with E-state index in [2.05, 4.69) is 24.6 Å². The summed E-state index contributed by atoms with van der Waals surface area (Å²) in [5, 5.41) is 0. The van der Waals surface area contributed by atoms with Crippen molar-refractivity contribution in [1.82, 2.24) is 15.0 Å². The molecule has 0 unspecified atom stereocenters. The van der Waals surface area contributed by atoms with E-state index in [9.17, 15) is 17.6 Å². The molecule has 0 aromatic carbocycles. The fourth-order valence-electron chi connectivity index (χ4n) is 4.23. The molecule has 5 heterocycles. The molecule has 3 saturated heterocycles. The molecule has 2 N–H and O–H groups in total. The number of nitrogens with two attached hydrogens (primary N) is 1. The second-order valence-corrected chi connectivity index (χ2v) is 7.92. The number of pyridine rings is 1. The summed E-state index contributed by atoms with van der Waals surface area (Å²) in [7, 11) is 0. The zero-order valence-electron chi connectivity index (χ0n) is 16.3. The second-order valence-electron chi connectivity index (χ2n) is 7.92. The molecule has 2 aromatic rings. The molecular formula is C19H20F4N6O2. The fourth-order valence-corrected chi connectivity index (χ4v) is 4.23. The molecule has 2 aromatic heterocycles. The van der Waals surface area contributed by atoms with Crippen molar-refractivity contribution in [3.63, 3.8) is 0 Å². The van der Waals surface area contributed by atoms with Crippen molar-refractivity contribution < 1.29 is 27.0 Å². The lowest BCUT2D eigenvalue weighted by Crippen LogP contribution is -2.38. The largest absolute Gasteiger partial charge is 0.431 e. The van der Waals surface area contributed by atoms with Crippen molar-refractivity contribution in [2.24, 2.45) is 0 Å². The van der Waals surface area contributed by atoms with Gasteiger partial charge in [0.15, 0.2) is 11.6 Å². The molecular weight excluding hydrogens is 420 g/mol. The van der Waals surface area contributed by atoms with E-state index in [0.717, 1.165) is 6.42 Å². The van der Waals surface area contributed by atoms with Crippen LogP contribution in [0.4, 0.5) is 35.1 Å². The van der Waals surface area contributed by atoms with Gasteiger partial charge in [0, 0.05) is 37.3 Å². The van der Waals surface area contributed by atoms with Gasteiger partial charge in [0.2, 0.25) is 5.95 Å². The minimum Gasteiger partial charge on any atom is -0.431 e. The number of ether oxygens (including phenoxy) is 2. The number of aromatic nitrogens is 3. The Bertz CT molecular complexity index is 994. The van der Waals surface area contributed by atoms with E-state index in [0.29, 0.717) is 30.2 Å². The molecule has 2 bridgehead atoms. The van der Waals surface area contributed by atoms with Gasteiger partial charge in [-0.2, -0.15) is 13.8 Å². The molecule has 0 radical (unpaired) electrons. The predicted octanol–water partition coefficient (Wildman–Crippen LogP) is 2.55. The summed E-state index contributed by atoms with van der Waals surface area (Å²) in [6.45, 7) is -2.23. The molecule has 5 rings (SSSR count). The van der Waals surface area contributed by atoms with E-state index in [1.54, 1.807) is 6.07 Å². The van der Waals surface area contributed by atoms with Crippen molar-refractivity contribution in [3.05, 3.63) is 18.3 Å². The minimum atomic E-state index is -3.07. The van der Waals surface area contributed by atoms with Crippen LogP contribution in [0.25, 0.3) is 11.3 Å². The average Bonchev–Trinajstić information content (AvgIpc) is 3.44. The molecule has 0 saturated carbocycles. The molecule has 0 amide bonds. The zero-order valence-corrected chi connectivity index (χ0v) is 16.3. The van der Waals surface area contributed by atoms with Gasteiger partial charge in [-0.3, -0.25) is 0 Å². The van der Waals surface area contributed by atoms with Crippen LogP contribution >= 0.6 is 0 Å². The monoisotopic (exact) mass is 440 g/mol. The van der Waals surface area contributed by atoms with Gasteiger partial charge in [0.05, 0.1) is 31.0 Å².